The Bertz CT molecular complexity index is 1630. The summed E-state index contributed by atoms with van der Waals surface area (Å²) in [5.41, 5.74) is 6.04. The van der Waals surface area contributed by atoms with E-state index in [0.717, 1.165) is 44.9 Å². The molecule has 4 aromatic rings. The van der Waals surface area contributed by atoms with Crippen LogP contribution in [0, 0.1) is 11.8 Å². The van der Waals surface area contributed by atoms with Crippen LogP contribution in [0.1, 0.15) is 81.5 Å². The summed E-state index contributed by atoms with van der Waals surface area (Å²) in [6.45, 7) is 1.13. The Balaban J connectivity index is 1.13. The van der Waals surface area contributed by atoms with Crippen LogP contribution in [0.25, 0.3) is 0 Å². The minimum Gasteiger partial charge on any atom is -0.496 e. The number of rotatable bonds is 12. The molecule has 0 saturated heterocycles. The average Bonchev–Trinajstić information content (AvgIpc) is 3.11. The van der Waals surface area contributed by atoms with E-state index in [1.165, 1.54) is 28.7 Å². The molecule has 6 nitrogen and oxygen atoms in total. The summed E-state index contributed by atoms with van der Waals surface area (Å²) in [6, 6.07) is 33.0. The number of hydrogen-bond acceptors (Lipinski definition) is 4. The molecule has 4 aliphatic rings. The Morgan fingerprint density at radius 1 is 0.625 bits per heavy atom. The molecule has 2 amide bonds. The van der Waals surface area contributed by atoms with Crippen molar-refractivity contribution in [1.82, 2.24) is 10.6 Å². The standard InChI is InChI=1S/C42H46N2O4/c1-47-37-15-13-33(22-35(37)39(45)43-19-17-29-9-5-3-6-10-29)41-24-31-21-32(25-41)27-42(26-31,28-41)34-14-16-38(48-2)36(23-34)40(46)44-20-18-30-11-7-4-8-12-30/h3-16,22-23,31-32H,17-21,24-28H2,1-2H3,(H,43,45)(H,44,46). The lowest BCUT2D eigenvalue weighted by molar-refractivity contribution is -0.0281. The van der Waals surface area contributed by atoms with Gasteiger partial charge in [-0.2, -0.15) is 0 Å². The second-order valence-corrected chi connectivity index (χ2v) is 14.3. The van der Waals surface area contributed by atoms with Gasteiger partial charge in [0.05, 0.1) is 25.3 Å². The van der Waals surface area contributed by atoms with Crippen LogP contribution in [0.5, 0.6) is 11.5 Å². The van der Waals surface area contributed by atoms with Gasteiger partial charge in [-0.15, -0.1) is 0 Å². The van der Waals surface area contributed by atoms with Crippen molar-refractivity contribution in [2.45, 2.75) is 62.2 Å². The predicted molar refractivity (Wildman–Crippen MR) is 189 cm³/mol. The van der Waals surface area contributed by atoms with E-state index in [0.29, 0.717) is 47.6 Å². The van der Waals surface area contributed by atoms with E-state index in [1.54, 1.807) is 14.2 Å². The molecular formula is C42H46N2O4. The van der Waals surface area contributed by atoms with Gasteiger partial charge in [0.1, 0.15) is 11.5 Å². The Kier molecular flexibility index (Phi) is 9.00. The average molecular weight is 643 g/mol. The van der Waals surface area contributed by atoms with Gasteiger partial charge in [0.2, 0.25) is 0 Å². The van der Waals surface area contributed by atoms with E-state index in [2.05, 4.69) is 59.2 Å². The van der Waals surface area contributed by atoms with E-state index in [4.69, 9.17) is 9.47 Å². The number of carbonyl (C=O) groups is 2. The first-order valence-electron chi connectivity index (χ1n) is 17.4. The van der Waals surface area contributed by atoms with Crippen LogP contribution in [0.4, 0.5) is 0 Å². The first kappa shape index (κ1) is 32.0. The van der Waals surface area contributed by atoms with Crippen molar-refractivity contribution in [3.63, 3.8) is 0 Å². The number of methoxy groups -OCH3 is 2. The molecule has 2 N–H and O–H groups in total. The Morgan fingerprint density at radius 2 is 1.04 bits per heavy atom. The van der Waals surface area contributed by atoms with E-state index < -0.39 is 0 Å². The van der Waals surface area contributed by atoms with Crippen LogP contribution < -0.4 is 20.1 Å². The van der Waals surface area contributed by atoms with Gasteiger partial charge in [-0.1, -0.05) is 72.8 Å². The molecule has 8 rings (SSSR count). The van der Waals surface area contributed by atoms with Crippen LogP contribution in [0.15, 0.2) is 97.1 Å². The molecule has 4 aliphatic carbocycles. The highest BCUT2D eigenvalue weighted by atomic mass is 16.5. The smallest absolute Gasteiger partial charge is 0.255 e. The third-order valence-corrected chi connectivity index (χ3v) is 11.3. The maximum atomic E-state index is 13.6. The third kappa shape index (κ3) is 6.33. The van der Waals surface area contributed by atoms with Crippen LogP contribution in [0.3, 0.4) is 0 Å². The largest absolute Gasteiger partial charge is 0.496 e. The topological polar surface area (TPSA) is 76.7 Å². The van der Waals surface area contributed by atoms with E-state index in [-0.39, 0.29) is 22.6 Å². The summed E-state index contributed by atoms with van der Waals surface area (Å²) in [6.07, 6.45) is 8.36. The van der Waals surface area contributed by atoms with Gasteiger partial charge in [-0.05, 0) is 121 Å². The van der Waals surface area contributed by atoms with Crippen molar-refractivity contribution in [3.05, 3.63) is 130 Å². The van der Waals surface area contributed by atoms with Gasteiger partial charge in [-0.3, -0.25) is 9.59 Å². The maximum absolute atomic E-state index is 13.6. The zero-order valence-electron chi connectivity index (χ0n) is 28.1. The monoisotopic (exact) mass is 642 g/mol. The van der Waals surface area contributed by atoms with Crippen molar-refractivity contribution < 1.29 is 19.1 Å². The fourth-order valence-corrected chi connectivity index (χ4v) is 9.49. The molecule has 0 radical (unpaired) electrons. The van der Waals surface area contributed by atoms with Crippen LogP contribution >= 0.6 is 0 Å². The number of carbonyl (C=O) groups excluding carboxylic acids is 2. The predicted octanol–water partition coefficient (Wildman–Crippen LogP) is 7.44. The van der Waals surface area contributed by atoms with Gasteiger partial charge in [0.25, 0.3) is 11.8 Å². The molecule has 248 valence electrons. The number of amides is 2. The quantitative estimate of drug-likeness (QED) is 0.169. The SMILES string of the molecule is COc1ccc(C23CC4CC(C2)CC(c2ccc(OC)c(C(=O)NCCc5ccccc5)c2)(C4)C3)cc1C(=O)NCCc1ccccc1. The van der Waals surface area contributed by atoms with Crippen LogP contribution in [-0.2, 0) is 23.7 Å². The molecule has 0 atom stereocenters. The normalized spacial score (nSPS) is 23.8. The molecule has 0 unspecified atom stereocenters. The van der Waals surface area contributed by atoms with Crippen molar-refractivity contribution in [2.75, 3.05) is 27.3 Å². The highest BCUT2D eigenvalue weighted by Crippen LogP contribution is 2.66. The minimum absolute atomic E-state index is 0.0204. The van der Waals surface area contributed by atoms with Crippen LogP contribution in [-0.4, -0.2) is 39.1 Å². The maximum Gasteiger partial charge on any atom is 0.255 e. The fraction of sp³-hybridized carbons (Fsp3) is 0.381. The summed E-state index contributed by atoms with van der Waals surface area (Å²) in [4.78, 5) is 27.1. The number of ether oxygens (including phenoxy) is 2. The molecule has 4 fully saturated rings. The Morgan fingerprint density at radius 3 is 1.44 bits per heavy atom. The zero-order chi connectivity index (χ0) is 33.1. The molecule has 4 aromatic carbocycles. The summed E-state index contributed by atoms with van der Waals surface area (Å²) in [7, 11) is 3.27. The molecule has 48 heavy (non-hydrogen) atoms. The molecule has 4 bridgehead atoms. The molecule has 0 aromatic heterocycles. The molecule has 0 spiro atoms. The van der Waals surface area contributed by atoms with Gasteiger partial charge in [0.15, 0.2) is 0 Å². The lowest BCUT2D eigenvalue weighted by atomic mass is 9.41. The summed E-state index contributed by atoms with van der Waals surface area (Å²) in [5, 5.41) is 6.28. The summed E-state index contributed by atoms with van der Waals surface area (Å²) in [5.74, 6) is 2.25. The third-order valence-electron chi connectivity index (χ3n) is 11.3. The molecular weight excluding hydrogens is 596 g/mol. The van der Waals surface area contributed by atoms with Crippen molar-refractivity contribution in [3.8, 4) is 11.5 Å². The molecule has 0 heterocycles. The summed E-state index contributed by atoms with van der Waals surface area (Å²) >= 11 is 0. The number of hydrogen-bond donors (Lipinski definition) is 2. The number of nitrogens with one attached hydrogen (secondary N) is 2. The van der Waals surface area contributed by atoms with Crippen molar-refractivity contribution in [1.29, 1.82) is 0 Å². The first-order valence-corrected chi connectivity index (χ1v) is 17.4. The highest BCUT2D eigenvalue weighted by molar-refractivity contribution is 5.98. The number of benzene rings is 4. The van der Waals surface area contributed by atoms with Crippen LogP contribution in [0.2, 0.25) is 0 Å². The molecule has 0 aliphatic heterocycles. The zero-order valence-corrected chi connectivity index (χ0v) is 28.1. The Hall–Kier alpha value is -4.58. The van der Waals surface area contributed by atoms with Crippen molar-refractivity contribution in [2.24, 2.45) is 11.8 Å². The second-order valence-electron chi connectivity index (χ2n) is 14.3. The first-order chi connectivity index (χ1) is 23.4. The molecule has 6 heteroatoms. The lowest BCUT2D eigenvalue weighted by Gasteiger charge is -2.63. The fourth-order valence-electron chi connectivity index (χ4n) is 9.49. The minimum atomic E-state index is -0.0952. The van der Waals surface area contributed by atoms with Gasteiger partial charge in [0, 0.05) is 13.1 Å². The lowest BCUT2D eigenvalue weighted by Crippen LogP contribution is -2.56. The van der Waals surface area contributed by atoms with E-state index in [9.17, 15) is 9.59 Å². The van der Waals surface area contributed by atoms with Gasteiger partial charge < -0.3 is 20.1 Å². The van der Waals surface area contributed by atoms with E-state index >= 15 is 0 Å². The summed E-state index contributed by atoms with van der Waals surface area (Å²) < 4.78 is 11.4. The second kappa shape index (κ2) is 13.5. The van der Waals surface area contributed by atoms with Crippen molar-refractivity contribution >= 4 is 11.8 Å². The van der Waals surface area contributed by atoms with Gasteiger partial charge in [-0.25, -0.2) is 0 Å². The molecule has 4 saturated carbocycles. The highest BCUT2D eigenvalue weighted by Gasteiger charge is 2.58. The Labute approximate surface area is 284 Å². The van der Waals surface area contributed by atoms with Gasteiger partial charge >= 0.3 is 0 Å². The van der Waals surface area contributed by atoms with E-state index in [1.807, 2.05) is 48.5 Å².